The standard InChI is InChI=1S/C20H35NO2Si/c1-14-17(13-23-24(5,6)20(2,3)4)19(21)16(12-18(14)22)15-10-8-7-9-11-15/h7-11,14,16-19,22H,12-13,21H2,1-6H3/t14-,16-,17+,18+,19-/m1/s1. The van der Waals surface area contributed by atoms with E-state index in [1.165, 1.54) is 5.56 Å². The van der Waals surface area contributed by atoms with Crippen molar-refractivity contribution in [2.24, 2.45) is 17.6 Å². The number of hydrogen-bond acceptors (Lipinski definition) is 3. The number of rotatable bonds is 4. The largest absolute Gasteiger partial charge is 0.416 e. The molecule has 3 N–H and O–H groups in total. The summed E-state index contributed by atoms with van der Waals surface area (Å²) >= 11 is 0. The zero-order valence-corrected chi connectivity index (χ0v) is 17.1. The van der Waals surface area contributed by atoms with Crippen molar-refractivity contribution >= 4 is 8.32 Å². The summed E-state index contributed by atoms with van der Waals surface area (Å²) in [7, 11) is -1.81. The van der Waals surface area contributed by atoms with Gasteiger partial charge in [-0.1, -0.05) is 58.0 Å². The van der Waals surface area contributed by atoms with Crippen LogP contribution in [0.4, 0.5) is 0 Å². The SMILES string of the molecule is C[C@@H]1[C@H](CO[Si](C)(C)C(C)(C)C)[C@H](N)[C@@H](c2ccccc2)C[C@@H]1O. The van der Waals surface area contributed by atoms with Gasteiger partial charge in [-0.2, -0.15) is 0 Å². The molecule has 0 saturated heterocycles. The van der Waals surface area contributed by atoms with Gasteiger partial charge in [0.05, 0.1) is 6.10 Å². The summed E-state index contributed by atoms with van der Waals surface area (Å²) in [6, 6.07) is 10.4. The van der Waals surface area contributed by atoms with E-state index in [0.29, 0.717) is 6.61 Å². The summed E-state index contributed by atoms with van der Waals surface area (Å²) < 4.78 is 6.45. The van der Waals surface area contributed by atoms with Crippen LogP contribution in [0.25, 0.3) is 0 Å². The van der Waals surface area contributed by atoms with Gasteiger partial charge in [0, 0.05) is 24.5 Å². The Hall–Kier alpha value is -0.683. The number of benzene rings is 1. The fraction of sp³-hybridized carbons (Fsp3) is 0.700. The molecule has 3 nitrogen and oxygen atoms in total. The molecule has 1 aliphatic rings. The second-order valence-corrected chi connectivity index (χ2v) is 13.8. The van der Waals surface area contributed by atoms with Gasteiger partial charge < -0.3 is 15.3 Å². The lowest BCUT2D eigenvalue weighted by Gasteiger charge is -2.45. The second kappa shape index (κ2) is 7.28. The van der Waals surface area contributed by atoms with Crippen LogP contribution >= 0.6 is 0 Å². The molecule has 0 bridgehead atoms. The topological polar surface area (TPSA) is 55.5 Å². The maximum Gasteiger partial charge on any atom is 0.191 e. The highest BCUT2D eigenvalue weighted by atomic mass is 28.4. The van der Waals surface area contributed by atoms with Gasteiger partial charge in [0.25, 0.3) is 0 Å². The van der Waals surface area contributed by atoms with Gasteiger partial charge in [0.1, 0.15) is 0 Å². The van der Waals surface area contributed by atoms with Crippen LogP contribution in [0, 0.1) is 11.8 Å². The first-order valence-corrected chi connectivity index (χ1v) is 12.1. The molecule has 0 aliphatic heterocycles. The Bertz CT molecular complexity index is 526. The van der Waals surface area contributed by atoms with Crippen molar-refractivity contribution in [1.82, 2.24) is 0 Å². The predicted octanol–water partition coefficient (Wildman–Crippen LogP) is 4.14. The Balaban J connectivity index is 2.15. The average Bonchev–Trinajstić information content (AvgIpc) is 2.50. The molecule has 1 fully saturated rings. The highest BCUT2D eigenvalue weighted by Crippen LogP contribution is 2.41. The molecule has 0 amide bonds. The molecule has 1 aromatic carbocycles. The van der Waals surface area contributed by atoms with Crippen LogP contribution in [-0.2, 0) is 4.43 Å². The van der Waals surface area contributed by atoms with Gasteiger partial charge in [-0.15, -0.1) is 0 Å². The maximum atomic E-state index is 10.6. The highest BCUT2D eigenvalue weighted by molar-refractivity contribution is 6.74. The molecule has 0 aromatic heterocycles. The van der Waals surface area contributed by atoms with E-state index in [9.17, 15) is 5.11 Å². The highest BCUT2D eigenvalue weighted by Gasteiger charge is 2.43. The lowest BCUT2D eigenvalue weighted by Crippen LogP contribution is -2.52. The van der Waals surface area contributed by atoms with Crippen molar-refractivity contribution in [3.05, 3.63) is 35.9 Å². The van der Waals surface area contributed by atoms with Crippen molar-refractivity contribution in [2.75, 3.05) is 6.61 Å². The van der Waals surface area contributed by atoms with Gasteiger partial charge in [0.2, 0.25) is 0 Å². The van der Waals surface area contributed by atoms with Crippen LogP contribution in [0.1, 0.15) is 45.6 Å². The number of aliphatic hydroxyl groups is 1. The molecule has 0 heterocycles. The zero-order valence-electron chi connectivity index (χ0n) is 16.1. The van der Waals surface area contributed by atoms with E-state index in [4.69, 9.17) is 10.2 Å². The van der Waals surface area contributed by atoms with Crippen LogP contribution < -0.4 is 5.73 Å². The lowest BCUT2D eigenvalue weighted by atomic mass is 9.68. The minimum absolute atomic E-state index is 0.0237. The van der Waals surface area contributed by atoms with E-state index in [-0.39, 0.29) is 34.9 Å². The minimum Gasteiger partial charge on any atom is -0.416 e. The first-order valence-electron chi connectivity index (χ1n) is 9.17. The smallest absolute Gasteiger partial charge is 0.191 e. The summed E-state index contributed by atoms with van der Waals surface area (Å²) in [5.41, 5.74) is 7.90. The Morgan fingerprint density at radius 3 is 2.33 bits per heavy atom. The lowest BCUT2D eigenvalue weighted by molar-refractivity contribution is 0.00141. The van der Waals surface area contributed by atoms with E-state index in [0.717, 1.165) is 6.42 Å². The number of hydrogen-bond donors (Lipinski definition) is 2. The molecule has 136 valence electrons. The average molecular weight is 350 g/mol. The van der Waals surface area contributed by atoms with E-state index in [2.05, 4.69) is 52.9 Å². The summed E-state index contributed by atoms with van der Waals surface area (Å²) in [4.78, 5) is 0. The Labute approximate surface area is 148 Å². The molecule has 1 aromatic rings. The summed E-state index contributed by atoms with van der Waals surface area (Å²) in [5, 5.41) is 10.8. The summed E-state index contributed by atoms with van der Waals surface area (Å²) in [6.45, 7) is 14.1. The third-order valence-electron chi connectivity index (χ3n) is 6.41. The molecule has 0 spiro atoms. The van der Waals surface area contributed by atoms with Crippen LogP contribution in [-0.4, -0.2) is 32.2 Å². The normalized spacial score (nSPS) is 31.9. The van der Waals surface area contributed by atoms with E-state index in [1.807, 2.05) is 18.2 Å². The molecule has 5 atom stereocenters. The van der Waals surface area contributed by atoms with E-state index < -0.39 is 8.32 Å². The van der Waals surface area contributed by atoms with Crippen molar-refractivity contribution in [2.45, 2.75) is 70.3 Å². The Morgan fingerprint density at radius 2 is 1.79 bits per heavy atom. The van der Waals surface area contributed by atoms with Gasteiger partial charge in [-0.05, 0) is 36.0 Å². The molecule has 1 aliphatic carbocycles. The van der Waals surface area contributed by atoms with E-state index >= 15 is 0 Å². The second-order valence-electron chi connectivity index (χ2n) is 8.99. The van der Waals surface area contributed by atoms with Crippen molar-refractivity contribution in [3.8, 4) is 0 Å². The van der Waals surface area contributed by atoms with Gasteiger partial charge >= 0.3 is 0 Å². The van der Waals surface area contributed by atoms with Crippen LogP contribution in [0.15, 0.2) is 30.3 Å². The Kier molecular flexibility index (Phi) is 5.96. The fourth-order valence-electron chi connectivity index (χ4n) is 3.41. The van der Waals surface area contributed by atoms with Crippen molar-refractivity contribution < 1.29 is 9.53 Å². The quantitative estimate of drug-likeness (QED) is 0.803. The first kappa shape index (κ1) is 19.6. The molecule has 2 rings (SSSR count). The summed E-state index contributed by atoms with van der Waals surface area (Å²) in [5.74, 6) is 0.559. The van der Waals surface area contributed by atoms with Crippen molar-refractivity contribution in [3.63, 3.8) is 0 Å². The third kappa shape index (κ3) is 4.10. The Morgan fingerprint density at radius 1 is 1.21 bits per heavy atom. The van der Waals surface area contributed by atoms with Gasteiger partial charge in [-0.3, -0.25) is 0 Å². The number of nitrogens with two attached hydrogens (primary N) is 1. The maximum absolute atomic E-state index is 10.6. The molecule has 4 heteroatoms. The third-order valence-corrected chi connectivity index (χ3v) is 10.9. The van der Waals surface area contributed by atoms with Gasteiger partial charge in [0.15, 0.2) is 8.32 Å². The molecular weight excluding hydrogens is 314 g/mol. The number of aliphatic hydroxyl groups excluding tert-OH is 1. The molecule has 0 unspecified atom stereocenters. The first-order chi connectivity index (χ1) is 11.0. The molecule has 0 radical (unpaired) electrons. The summed E-state index contributed by atoms with van der Waals surface area (Å²) in [6.07, 6.45) is 0.422. The molecule has 1 saturated carbocycles. The fourth-order valence-corrected chi connectivity index (χ4v) is 4.45. The minimum atomic E-state index is -1.81. The van der Waals surface area contributed by atoms with Crippen LogP contribution in [0.5, 0.6) is 0 Å². The van der Waals surface area contributed by atoms with Crippen LogP contribution in [0.2, 0.25) is 18.1 Å². The van der Waals surface area contributed by atoms with Gasteiger partial charge in [-0.25, -0.2) is 0 Å². The van der Waals surface area contributed by atoms with Crippen LogP contribution in [0.3, 0.4) is 0 Å². The van der Waals surface area contributed by atoms with E-state index in [1.54, 1.807) is 0 Å². The molecular formula is C20H35NO2Si. The van der Waals surface area contributed by atoms with Crippen molar-refractivity contribution in [1.29, 1.82) is 0 Å². The zero-order chi connectivity index (χ0) is 18.1. The molecule has 24 heavy (non-hydrogen) atoms. The monoisotopic (exact) mass is 349 g/mol. The predicted molar refractivity (Wildman–Crippen MR) is 104 cm³/mol.